The molecule has 5 nitrogen and oxygen atoms in total. The van der Waals surface area contributed by atoms with Crippen molar-refractivity contribution in [2.75, 3.05) is 32.7 Å². The van der Waals surface area contributed by atoms with Gasteiger partial charge < -0.3 is 16.0 Å². The summed E-state index contributed by atoms with van der Waals surface area (Å²) in [5.74, 6) is 0.114. The summed E-state index contributed by atoms with van der Waals surface area (Å²) in [6.07, 6.45) is 2.09. The van der Waals surface area contributed by atoms with Crippen molar-refractivity contribution in [3.63, 3.8) is 0 Å². The van der Waals surface area contributed by atoms with E-state index in [9.17, 15) is 9.59 Å². The third kappa shape index (κ3) is 8.08. The first-order chi connectivity index (χ1) is 7.24. The molecule has 0 aliphatic heterocycles. The number of rotatable bonds is 10. The van der Waals surface area contributed by atoms with Crippen molar-refractivity contribution < 1.29 is 9.59 Å². The highest BCUT2D eigenvalue weighted by Crippen LogP contribution is 1.92. The standard InChI is InChI=1S/C10H21N3O2/c1-2-3-10(15)8-13(9-14)7-6-12-5-4-11/h9,12H,2-8,11H2,1H3. The summed E-state index contributed by atoms with van der Waals surface area (Å²) in [4.78, 5) is 23.4. The van der Waals surface area contributed by atoms with Crippen molar-refractivity contribution in [2.24, 2.45) is 5.73 Å². The van der Waals surface area contributed by atoms with Gasteiger partial charge in [0.25, 0.3) is 0 Å². The Labute approximate surface area is 91.0 Å². The number of amides is 1. The normalized spacial score (nSPS) is 10.0. The van der Waals surface area contributed by atoms with Gasteiger partial charge in [-0.15, -0.1) is 0 Å². The van der Waals surface area contributed by atoms with Crippen LogP contribution >= 0.6 is 0 Å². The molecular formula is C10H21N3O2. The van der Waals surface area contributed by atoms with Gasteiger partial charge >= 0.3 is 0 Å². The number of hydrogen-bond acceptors (Lipinski definition) is 4. The zero-order chi connectivity index (χ0) is 11.5. The molecule has 0 rings (SSSR count). The molecule has 5 heteroatoms. The Morgan fingerprint density at radius 2 is 2.20 bits per heavy atom. The zero-order valence-electron chi connectivity index (χ0n) is 9.37. The van der Waals surface area contributed by atoms with Crippen LogP contribution in [0.15, 0.2) is 0 Å². The minimum absolute atomic E-state index is 0.114. The number of ketones is 1. The highest BCUT2D eigenvalue weighted by Gasteiger charge is 2.06. The van der Waals surface area contributed by atoms with Gasteiger partial charge in [0.15, 0.2) is 5.78 Å². The second kappa shape index (κ2) is 9.61. The summed E-state index contributed by atoms with van der Waals surface area (Å²) in [6.45, 7) is 4.72. The summed E-state index contributed by atoms with van der Waals surface area (Å²) in [7, 11) is 0. The molecule has 0 aromatic heterocycles. The van der Waals surface area contributed by atoms with Crippen molar-refractivity contribution in [1.29, 1.82) is 0 Å². The second-order valence-corrected chi connectivity index (χ2v) is 3.40. The summed E-state index contributed by atoms with van der Waals surface area (Å²) in [5.41, 5.74) is 5.30. The SMILES string of the molecule is CCCC(=O)CN(C=O)CCNCCN. The molecule has 3 N–H and O–H groups in total. The summed E-state index contributed by atoms with van der Waals surface area (Å²) in [5, 5.41) is 3.07. The third-order valence-corrected chi connectivity index (χ3v) is 1.95. The van der Waals surface area contributed by atoms with Crippen LogP contribution < -0.4 is 11.1 Å². The number of hydrogen-bond donors (Lipinski definition) is 2. The van der Waals surface area contributed by atoms with Crippen LogP contribution in [-0.2, 0) is 9.59 Å². The molecule has 0 aromatic carbocycles. The number of nitrogens with two attached hydrogens (primary N) is 1. The first-order valence-electron chi connectivity index (χ1n) is 5.36. The molecule has 0 atom stereocenters. The van der Waals surface area contributed by atoms with E-state index in [-0.39, 0.29) is 12.3 Å². The van der Waals surface area contributed by atoms with E-state index in [4.69, 9.17) is 5.73 Å². The molecule has 1 amide bonds. The average Bonchev–Trinajstić information content (AvgIpc) is 2.23. The van der Waals surface area contributed by atoms with E-state index >= 15 is 0 Å². The smallest absolute Gasteiger partial charge is 0.210 e. The van der Waals surface area contributed by atoms with E-state index in [0.717, 1.165) is 19.4 Å². The van der Waals surface area contributed by atoms with Crippen LogP contribution in [0.25, 0.3) is 0 Å². The topological polar surface area (TPSA) is 75.4 Å². The van der Waals surface area contributed by atoms with Gasteiger partial charge in [-0.2, -0.15) is 0 Å². The number of carbonyl (C=O) groups excluding carboxylic acids is 2. The van der Waals surface area contributed by atoms with E-state index < -0.39 is 0 Å². The Bertz CT molecular complexity index is 186. The van der Waals surface area contributed by atoms with Gasteiger partial charge in [0.2, 0.25) is 6.41 Å². The van der Waals surface area contributed by atoms with E-state index in [0.29, 0.717) is 26.1 Å². The number of nitrogens with zero attached hydrogens (tertiary/aromatic N) is 1. The molecule has 88 valence electrons. The quantitative estimate of drug-likeness (QED) is 0.375. The lowest BCUT2D eigenvalue weighted by Gasteiger charge is -2.16. The molecule has 0 aliphatic rings. The Kier molecular flexibility index (Phi) is 9.01. The van der Waals surface area contributed by atoms with Gasteiger partial charge in [0, 0.05) is 32.6 Å². The Balaban J connectivity index is 3.63. The van der Waals surface area contributed by atoms with Crippen LogP contribution in [0.1, 0.15) is 19.8 Å². The van der Waals surface area contributed by atoms with Gasteiger partial charge in [-0.3, -0.25) is 9.59 Å². The van der Waals surface area contributed by atoms with Crippen molar-refractivity contribution >= 4 is 12.2 Å². The van der Waals surface area contributed by atoms with Crippen LogP contribution in [0.4, 0.5) is 0 Å². The van der Waals surface area contributed by atoms with Crippen LogP contribution in [-0.4, -0.2) is 49.8 Å². The van der Waals surface area contributed by atoms with Crippen molar-refractivity contribution in [3.8, 4) is 0 Å². The van der Waals surface area contributed by atoms with Gasteiger partial charge in [-0.25, -0.2) is 0 Å². The Morgan fingerprint density at radius 3 is 2.73 bits per heavy atom. The van der Waals surface area contributed by atoms with Crippen molar-refractivity contribution in [3.05, 3.63) is 0 Å². The average molecular weight is 215 g/mol. The van der Waals surface area contributed by atoms with Crippen LogP contribution in [0.3, 0.4) is 0 Å². The second-order valence-electron chi connectivity index (χ2n) is 3.40. The highest BCUT2D eigenvalue weighted by atomic mass is 16.1. The molecule has 0 heterocycles. The molecule has 0 unspecified atom stereocenters. The van der Waals surface area contributed by atoms with Gasteiger partial charge in [0.05, 0.1) is 6.54 Å². The maximum atomic E-state index is 11.3. The van der Waals surface area contributed by atoms with E-state index in [2.05, 4.69) is 5.32 Å². The predicted octanol–water partition coefficient (Wildman–Crippen LogP) is -0.638. The predicted molar refractivity (Wildman–Crippen MR) is 59.5 cm³/mol. The highest BCUT2D eigenvalue weighted by molar-refractivity contribution is 5.81. The lowest BCUT2D eigenvalue weighted by atomic mass is 10.2. The molecule has 0 bridgehead atoms. The maximum Gasteiger partial charge on any atom is 0.210 e. The molecule has 0 fully saturated rings. The fourth-order valence-corrected chi connectivity index (χ4v) is 1.20. The van der Waals surface area contributed by atoms with Crippen LogP contribution in [0.2, 0.25) is 0 Å². The molecule has 0 aliphatic carbocycles. The molecule has 15 heavy (non-hydrogen) atoms. The van der Waals surface area contributed by atoms with E-state index in [1.165, 1.54) is 4.90 Å². The molecule has 0 spiro atoms. The van der Waals surface area contributed by atoms with Crippen molar-refractivity contribution in [2.45, 2.75) is 19.8 Å². The van der Waals surface area contributed by atoms with E-state index in [1.54, 1.807) is 0 Å². The molecule has 0 aromatic rings. The van der Waals surface area contributed by atoms with Crippen LogP contribution in [0.5, 0.6) is 0 Å². The Morgan fingerprint density at radius 1 is 1.47 bits per heavy atom. The minimum Gasteiger partial charge on any atom is -0.337 e. The number of nitrogens with one attached hydrogen (secondary N) is 1. The zero-order valence-corrected chi connectivity index (χ0v) is 9.37. The fraction of sp³-hybridized carbons (Fsp3) is 0.800. The van der Waals surface area contributed by atoms with Gasteiger partial charge in [-0.05, 0) is 6.42 Å². The third-order valence-electron chi connectivity index (χ3n) is 1.95. The van der Waals surface area contributed by atoms with Gasteiger partial charge in [-0.1, -0.05) is 6.92 Å². The van der Waals surface area contributed by atoms with Gasteiger partial charge in [0.1, 0.15) is 0 Å². The first-order valence-corrected chi connectivity index (χ1v) is 5.36. The number of carbonyl (C=O) groups is 2. The summed E-state index contributed by atoms with van der Waals surface area (Å²) in [6, 6.07) is 0. The maximum absolute atomic E-state index is 11.3. The van der Waals surface area contributed by atoms with Crippen molar-refractivity contribution in [1.82, 2.24) is 10.2 Å². The monoisotopic (exact) mass is 215 g/mol. The van der Waals surface area contributed by atoms with Crippen LogP contribution in [0, 0.1) is 0 Å². The lowest BCUT2D eigenvalue weighted by molar-refractivity contribution is -0.126. The largest absolute Gasteiger partial charge is 0.337 e. The minimum atomic E-state index is 0.114. The number of Topliss-reactive ketones (excluding diaryl/α,β-unsaturated/α-hetero) is 1. The lowest BCUT2D eigenvalue weighted by Crippen LogP contribution is -2.36. The summed E-state index contributed by atoms with van der Waals surface area (Å²) >= 11 is 0. The molecule has 0 radical (unpaired) electrons. The molecular weight excluding hydrogens is 194 g/mol. The van der Waals surface area contributed by atoms with E-state index in [1.807, 2.05) is 6.92 Å². The first kappa shape index (κ1) is 14.1. The molecule has 0 saturated heterocycles. The molecule has 0 saturated carbocycles. The summed E-state index contributed by atoms with van der Waals surface area (Å²) < 4.78 is 0. The fourth-order valence-electron chi connectivity index (χ4n) is 1.20. The Hall–Kier alpha value is -0.940.